The number of phosphoric ester groups is 1. The van der Waals surface area contributed by atoms with Crippen LogP contribution in [0.25, 0.3) is 0 Å². The van der Waals surface area contributed by atoms with E-state index in [9.17, 15) is 4.57 Å². The molecular weight excluding hydrogens is 393 g/mol. The third-order valence-electron chi connectivity index (χ3n) is 6.34. The van der Waals surface area contributed by atoms with Gasteiger partial charge in [-0.1, -0.05) is 6.07 Å². The van der Waals surface area contributed by atoms with Crippen molar-refractivity contribution < 1.29 is 27.6 Å². The monoisotopic (exact) mass is 423 g/mol. The number of allylic oxidation sites excluding steroid dienone is 1. The first-order valence-electron chi connectivity index (χ1n) is 10.2. The van der Waals surface area contributed by atoms with Crippen molar-refractivity contribution in [2.75, 3.05) is 41.0 Å². The van der Waals surface area contributed by atoms with Crippen LogP contribution in [0.1, 0.15) is 37.7 Å². The molecule has 2 aliphatic heterocycles. The zero-order valence-electron chi connectivity index (χ0n) is 17.4. The van der Waals surface area contributed by atoms with Gasteiger partial charge in [0.25, 0.3) is 0 Å². The first-order chi connectivity index (χ1) is 14.0. The van der Waals surface area contributed by atoms with E-state index in [1.807, 2.05) is 6.07 Å². The molecule has 1 aliphatic carbocycles. The van der Waals surface area contributed by atoms with Crippen LogP contribution in [0.2, 0.25) is 0 Å². The lowest BCUT2D eigenvalue weighted by molar-refractivity contribution is 0.146. The second-order valence-electron chi connectivity index (χ2n) is 7.95. The Morgan fingerprint density at radius 1 is 1.10 bits per heavy atom. The van der Waals surface area contributed by atoms with Gasteiger partial charge < -0.3 is 14.0 Å². The van der Waals surface area contributed by atoms with Gasteiger partial charge in [-0.05, 0) is 63.0 Å². The SMILES string of the molecule is COc1ccc(C23CCC(OP4(=O)OCCCCO4)=CC2N(C)CC3)cc1OC. The number of phosphoric acid groups is 1. The quantitative estimate of drug-likeness (QED) is 0.655. The third-order valence-corrected chi connectivity index (χ3v) is 7.79. The van der Waals surface area contributed by atoms with Gasteiger partial charge in [-0.3, -0.25) is 13.9 Å². The Bertz CT molecular complexity index is 815. The first kappa shape index (κ1) is 20.7. The third kappa shape index (κ3) is 3.93. The number of nitrogens with zero attached hydrogens (tertiary/aromatic N) is 1. The van der Waals surface area contributed by atoms with Gasteiger partial charge in [0.15, 0.2) is 11.5 Å². The van der Waals surface area contributed by atoms with Crippen LogP contribution in [0.5, 0.6) is 11.5 Å². The molecule has 2 fully saturated rings. The number of hydrogen-bond acceptors (Lipinski definition) is 7. The molecule has 29 heavy (non-hydrogen) atoms. The first-order valence-corrected chi connectivity index (χ1v) is 11.7. The number of rotatable bonds is 5. The molecule has 1 aromatic carbocycles. The highest BCUT2D eigenvalue weighted by atomic mass is 31.2. The summed E-state index contributed by atoms with van der Waals surface area (Å²) in [5.74, 6) is 2.17. The molecule has 0 spiro atoms. The van der Waals surface area contributed by atoms with Crippen LogP contribution in [-0.4, -0.2) is 52.0 Å². The Morgan fingerprint density at radius 3 is 2.52 bits per heavy atom. The number of ether oxygens (including phenoxy) is 2. The van der Waals surface area contributed by atoms with Crippen molar-refractivity contribution in [2.45, 2.75) is 43.6 Å². The van der Waals surface area contributed by atoms with E-state index in [-0.39, 0.29) is 11.5 Å². The van der Waals surface area contributed by atoms with E-state index in [2.05, 4.69) is 30.2 Å². The second kappa shape index (κ2) is 8.31. The molecule has 1 aromatic rings. The number of benzene rings is 1. The largest absolute Gasteiger partial charge is 0.529 e. The maximum absolute atomic E-state index is 12.8. The Morgan fingerprint density at radius 2 is 1.83 bits per heavy atom. The van der Waals surface area contributed by atoms with Crippen molar-refractivity contribution in [2.24, 2.45) is 0 Å². The molecule has 0 amide bonds. The maximum Gasteiger partial charge on any atom is 0.529 e. The van der Waals surface area contributed by atoms with E-state index >= 15 is 0 Å². The number of likely N-dealkylation sites (N-methyl/N-ethyl adjacent to an activating group) is 1. The minimum Gasteiger partial charge on any atom is -0.493 e. The summed E-state index contributed by atoms with van der Waals surface area (Å²) < 4.78 is 40.5. The molecule has 0 radical (unpaired) electrons. The fourth-order valence-corrected chi connectivity index (χ4v) is 6.05. The Balaban J connectivity index is 1.62. The molecule has 0 aromatic heterocycles. The normalized spacial score (nSPS) is 29.5. The Labute approximate surface area is 172 Å². The lowest BCUT2D eigenvalue weighted by Gasteiger charge is -2.40. The van der Waals surface area contributed by atoms with Crippen LogP contribution in [0, 0.1) is 0 Å². The topological polar surface area (TPSA) is 66.5 Å². The van der Waals surface area contributed by atoms with E-state index in [4.69, 9.17) is 23.0 Å². The molecule has 2 atom stereocenters. The van der Waals surface area contributed by atoms with Crippen LogP contribution in [0.4, 0.5) is 0 Å². The van der Waals surface area contributed by atoms with Gasteiger partial charge in [0, 0.05) is 17.9 Å². The number of fused-ring (bicyclic) bond motifs is 1. The Kier molecular flexibility index (Phi) is 5.94. The average molecular weight is 423 g/mol. The summed E-state index contributed by atoms with van der Waals surface area (Å²) in [6.45, 7) is 1.79. The second-order valence-corrected chi connectivity index (χ2v) is 9.54. The summed E-state index contributed by atoms with van der Waals surface area (Å²) in [6.07, 6.45) is 6.39. The molecule has 0 bridgehead atoms. The van der Waals surface area contributed by atoms with Crippen molar-refractivity contribution in [3.63, 3.8) is 0 Å². The van der Waals surface area contributed by atoms with E-state index in [1.165, 1.54) is 5.56 Å². The van der Waals surface area contributed by atoms with Crippen molar-refractivity contribution in [1.82, 2.24) is 4.90 Å². The van der Waals surface area contributed by atoms with Crippen LogP contribution < -0.4 is 9.47 Å². The molecule has 4 rings (SSSR count). The van der Waals surface area contributed by atoms with Crippen molar-refractivity contribution in [3.8, 4) is 11.5 Å². The van der Waals surface area contributed by atoms with Gasteiger partial charge in [-0.15, -0.1) is 0 Å². The average Bonchev–Trinajstić information content (AvgIpc) is 2.92. The summed E-state index contributed by atoms with van der Waals surface area (Å²) in [5, 5.41) is 0. The molecule has 2 unspecified atom stereocenters. The summed E-state index contributed by atoms with van der Waals surface area (Å²) in [6, 6.07) is 6.33. The van der Waals surface area contributed by atoms with E-state index in [1.54, 1.807) is 14.2 Å². The van der Waals surface area contributed by atoms with Gasteiger partial charge >= 0.3 is 7.82 Å². The van der Waals surface area contributed by atoms with Crippen LogP contribution in [0.15, 0.2) is 30.0 Å². The fourth-order valence-electron chi connectivity index (χ4n) is 4.72. The summed E-state index contributed by atoms with van der Waals surface area (Å²) in [4.78, 5) is 2.32. The molecule has 160 valence electrons. The number of hydrogen-bond donors (Lipinski definition) is 0. The van der Waals surface area contributed by atoms with Gasteiger partial charge in [0.05, 0.1) is 27.4 Å². The van der Waals surface area contributed by atoms with Gasteiger partial charge in [0.1, 0.15) is 5.76 Å². The summed E-state index contributed by atoms with van der Waals surface area (Å²) in [7, 11) is 1.90. The van der Waals surface area contributed by atoms with Crippen LogP contribution in [0.3, 0.4) is 0 Å². The van der Waals surface area contributed by atoms with E-state index < -0.39 is 7.82 Å². The number of likely N-dealkylation sites (tertiary alicyclic amines) is 1. The minimum absolute atomic E-state index is 0.0409. The van der Waals surface area contributed by atoms with Crippen LogP contribution in [-0.2, 0) is 23.6 Å². The Hall–Kier alpha value is -1.53. The predicted molar refractivity (Wildman–Crippen MR) is 109 cm³/mol. The fraction of sp³-hybridized carbons (Fsp3) is 0.619. The minimum atomic E-state index is -3.52. The van der Waals surface area contributed by atoms with Gasteiger partial charge in [-0.25, -0.2) is 4.57 Å². The highest BCUT2D eigenvalue weighted by molar-refractivity contribution is 7.48. The van der Waals surface area contributed by atoms with E-state index in [0.29, 0.717) is 25.4 Å². The zero-order chi connectivity index (χ0) is 20.5. The molecule has 0 saturated carbocycles. The van der Waals surface area contributed by atoms with Crippen LogP contribution >= 0.6 is 7.82 Å². The number of methoxy groups -OCH3 is 2. The lowest BCUT2D eigenvalue weighted by atomic mass is 9.68. The molecule has 8 heteroatoms. The zero-order valence-corrected chi connectivity index (χ0v) is 18.3. The molecule has 7 nitrogen and oxygen atoms in total. The van der Waals surface area contributed by atoms with Crippen molar-refractivity contribution >= 4 is 7.82 Å². The molecule has 0 N–H and O–H groups in total. The highest BCUT2D eigenvalue weighted by Gasteiger charge is 2.49. The standard InChI is InChI=1S/C21H30NO6P/c1-22-11-10-21(16-6-7-18(24-2)19(14-16)25-3)9-8-17(15-20(21)22)28-29(23)26-12-4-5-13-27-29/h6-7,14-15,20H,4-5,8-13H2,1-3H3. The van der Waals surface area contributed by atoms with Gasteiger partial charge in [-0.2, -0.15) is 0 Å². The molecule has 2 saturated heterocycles. The van der Waals surface area contributed by atoms with Gasteiger partial charge in [0.2, 0.25) is 0 Å². The predicted octanol–water partition coefficient (Wildman–Crippen LogP) is 4.28. The molecule has 3 aliphatic rings. The smallest absolute Gasteiger partial charge is 0.493 e. The summed E-state index contributed by atoms with van der Waals surface area (Å²) in [5.41, 5.74) is 1.19. The maximum atomic E-state index is 12.8. The van der Waals surface area contributed by atoms with Crippen molar-refractivity contribution in [3.05, 3.63) is 35.6 Å². The summed E-state index contributed by atoms with van der Waals surface area (Å²) >= 11 is 0. The lowest BCUT2D eigenvalue weighted by Crippen LogP contribution is -2.42. The highest BCUT2D eigenvalue weighted by Crippen LogP contribution is 2.56. The molecular formula is C21H30NO6P. The molecule has 2 heterocycles. The van der Waals surface area contributed by atoms with E-state index in [0.717, 1.165) is 43.7 Å². The van der Waals surface area contributed by atoms with Crippen molar-refractivity contribution in [1.29, 1.82) is 0 Å².